The maximum Gasteiger partial charge on any atom is 0.302 e. The summed E-state index contributed by atoms with van der Waals surface area (Å²) in [6.07, 6.45) is 0. The molecule has 4 rings (SSSR count). The van der Waals surface area contributed by atoms with Crippen LogP contribution >= 0.6 is 11.3 Å². The van der Waals surface area contributed by atoms with Crippen LogP contribution in [-0.2, 0) is 5.41 Å². The van der Waals surface area contributed by atoms with Gasteiger partial charge in [-0.05, 0) is 11.0 Å². The molecule has 1 aromatic carbocycles. The number of rotatable bonds is 1. The SMILES string of the molecule is CC(C)(C)c1ccc(-c2nn3c(=O)c4[nH]nnc4nc3s2)cc1. The second-order valence-corrected chi connectivity index (χ2v) is 7.31. The third kappa shape index (κ3) is 2.22. The first-order valence-corrected chi connectivity index (χ1v) is 7.97. The van der Waals surface area contributed by atoms with E-state index in [0.717, 1.165) is 10.6 Å². The molecule has 0 atom stereocenters. The van der Waals surface area contributed by atoms with Crippen molar-refractivity contribution >= 4 is 27.5 Å². The Balaban J connectivity index is 1.86. The molecule has 4 aromatic rings. The Hall–Kier alpha value is -2.61. The molecule has 8 heteroatoms. The Kier molecular flexibility index (Phi) is 2.86. The fourth-order valence-corrected chi connectivity index (χ4v) is 3.25. The van der Waals surface area contributed by atoms with E-state index in [1.807, 2.05) is 12.1 Å². The van der Waals surface area contributed by atoms with Gasteiger partial charge in [-0.3, -0.25) is 9.89 Å². The van der Waals surface area contributed by atoms with Crippen molar-refractivity contribution in [2.45, 2.75) is 26.2 Å². The summed E-state index contributed by atoms with van der Waals surface area (Å²) in [6.45, 7) is 6.52. The summed E-state index contributed by atoms with van der Waals surface area (Å²) in [4.78, 5) is 17.2. The molecular weight excluding hydrogens is 312 g/mol. The molecule has 23 heavy (non-hydrogen) atoms. The van der Waals surface area contributed by atoms with Crippen molar-refractivity contribution in [3.8, 4) is 10.6 Å². The zero-order chi connectivity index (χ0) is 16.2. The van der Waals surface area contributed by atoms with Gasteiger partial charge >= 0.3 is 5.56 Å². The van der Waals surface area contributed by atoms with Crippen LogP contribution in [0, 0.1) is 0 Å². The highest BCUT2D eigenvalue weighted by molar-refractivity contribution is 7.19. The molecule has 0 fully saturated rings. The molecule has 116 valence electrons. The summed E-state index contributed by atoms with van der Waals surface area (Å²) in [5, 5.41) is 15.1. The fraction of sp³-hybridized carbons (Fsp3) is 0.267. The molecule has 0 spiro atoms. The lowest BCUT2D eigenvalue weighted by Gasteiger charge is -2.18. The number of hydrogen-bond acceptors (Lipinski definition) is 6. The number of nitrogens with one attached hydrogen (secondary N) is 1. The van der Waals surface area contributed by atoms with Gasteiger partial charge in [0.15, 0.2) is 5.52 Å². The molecule has 3 aromatic heterocycles. The summed E-state index contributed by atoms with van der Waals surface area (Å²) in [5.74, 6) is 0. The monoisotopic (exact) mass is 326 g/mol. The smallest absolute Gasteiger partial charge is 0.265 e. The molecule has 0 unspecified atom stereocenters. The quantitative estimate of drug-likeness (QED) is 0.580. The van der Waals surface area contributed by atoms with Crippen LogP contribution in [0.4, 0.5) is 0 Å². The van der Waals surface area contributed by atoms with Crippen LogP contribution in [0.3, 0.4) is 0 Å². The minimum Gasteiger partial charge on any atom is -0.265 e. The van der Waals surface area contributed by atoms with Crippen molar-refractivity contribution in [1.29, 1.82) is 0 Å². The average molecular weight is 326 g/mol. The van der Waals surface area contributed by atoms with Crippen molar-refractivity contribution in [1.82, 2.24) is 30.0 Å². The highest BCUT2D eigenvalue weighted by atomic mass is 32.1. The zero-order valence-corrected chi connectivity index (χ0v) is 13.7. The molecule has 0 aliphatic heterocycles. The number of aromatic nitrogens is 6. The van der Waals surface area contributed by atoms with Crippen LogP contribution in [0.25, 0.3) is 26.7 Å². The topological polar surface area (TPSA) is 88.8 Å². The van der Waals surface area contributed by atoms with Crippen molar-refractivity contribution < 1.29 is 0 Å². The summed E-state index contributed by atoms with van der Waals surface area (Å²) >= 11 is 1.36. The van der Waals surface area contributed by atoms with Crippen LogP contribution in [-0.4, -0.2) is 30.0 Å². The van der Waals surface area contributed by atoms with Crippen LogP contribution in [0.5, 0.6) is 0 Å². The normalized spacial score (nSPS) is 12.3. The maximum atomic E-state index is 12.3. The first-order chi connectivity index (χ1) is 10.9. The van der Waals surface area contributed by atoms with E-state index in [9.17, 15) is 4.79 Å². The molecule has 1 N–H and O–H groups in total. The molecule has 0 radical (unpaired) electrons. The first-order valence-electron chi connectivity index (χ1n) is 7.15. The number of aromatic amines is 1. The highest BCUT2D eigenvalue weighted by Crippen LogP contribution is 2.28. The van der Waals surface area contributed by atoms with Crippen LogP contribution in [0.1, 0.15) is 26.3 Å². The van der Waals surface area contributed by atoms with Crippen molar-refractivity contribution in [2.24, 2.45) is 0 Å². The summed E-state index contributed by atoms with van der Waals surface area (Å²) in [6, 6.07) is 8.23. The fourth-order valence-electron chi connectivity index (χ4n) is 2.36. The predicted octanol–water partition coefficient (Wildman–Crippen LogP) is 2.39. The molecule has 3 heterocycles. The van der Waals surface area contributed by atoms with Crippen molar-refractivity contribution in [3.05, 3.63) is 40.2 Å². The van der Waals surface area contributed by atoms with Gasteiger partial charge in [-0.25, -0.2) is 0 Å². The number of nitrogens with zero attached hydrogens (tertiary/aromatic N) is 5. The van der Waals surface area contributed by atoms with Crippen LogP contribution in [0.2, 0.25) is 0 Å². The lowest BCUT2D eigenvalue weighted by atomic mass is 9.87. The number of H-pyrrole nitrogens is 1. The first kappa shape index (κ1) is 14.0. The van der Waals surface area contributed by atoms with Gasteiger partial charge in [-0.15, -0.1) is 5.10 Å². The molecule has 0 aliphatic rings. The summed E-state index contributed by atoms with van der Waals surface area (Å²) in [7, 11) is 0. The van der Waals surface area contributed by atoms with Crippen LogP contribution in [0.15, 0.2) is 29.1 Å². The van der Waals surface area contributed by atoms with E-state index in [4.69, 9.17) is 0 Å². The van der Waals surface area contributed by atoms with E-state index >= 15 is 0 Å². The Labute approximate surface area is 135 Å². The highest BCUT2D eigenvalue weighted by Gasteiger charge is 2.16. The Morgan fingerprint density at radius 1 is 1.17 bits per heavy atom. The van der Waals surface area contributed by atoms with E-state index in [1.54, 1.807) is 0 Å². The van der Waals surface area contributed by atoms with Crippen molar-refractivity contribution in [3.63, 3.8) is 0 Å². The summed E-state index contributed by atoms with van der Waals surface area (Å²) in [5.41, 5.74) is 2.60. The van der Waals surface area contributed by atoms with E-state index in [-0.39, 0.29) is 16.5 Å². The molecule has 0 saturated carbocycles. The van der Waals surface area contributed by atoms with Gasteiger partial charge in [0.1, 0.15) is 5.01 Å². The Bertz CT molecular complexity index is 1070. The van der Waals surface area contributed by atoms with Crippen molar-refractivity contribution in [2.75, 3.05) is 0 Å². The van der Waals surface area contributed by atoms with Gasteiger partial charge in [-0.2, -0.15) is 14.6 Å². The second kappa shape index (κ2) is 4.69. The van der Waals surface area contributed by atoms with Gasteiger partial charge in [0.2, 0.25) is 10.6 Å². The molecule has 0 bridgehead atoms. The molecule has 0 aliphatic carbocycles. The molecule has 7 nitrogen and oxygen atoms in total. The number of benzene rings is 1. The lowest BCUT2D eigenvalue weighted by molar-refractivity contribution is 0.590. The van der Waals surface area contributed by atoms with E-state index in [2.05, 4.69) is 58.4 Å². The van der Waals surface area contributed by atoms with Gasteiger partial charge < -0.3 is 0 Å². The maximum absolute atomic E-state index is 12.3. The number of hydrogen-bond donors (Lipinski definition) is 1. The molecule has 0 amide bonds. The minimum atomic E-state index is -0.288. The van der Waals surface area contributed by atoms with E-state index in [0.29, 0.717) is 10.6 Å². The van der Waals surface area contributed by atoms with Crippen LogP contribution < -0.4 is 5.56 Å². The Morgan fingerprint density at radius 3 is 2.61 bits per heavy atom. The predicted molar refractivity (Wildman–Crippen MR) is 88.7 cm³/mol. The van der Waals surface area contributed by atoms with Gasteiger partial charge in [0, 0.05) is 5.56 Å². The van der Waals surface area contributed by atoms with E-state index in [1.165, 1.54) is 21.4 Å². The molecular formula is C15H14N6OS. The van der Waals surface area contributed by atoms with Gasteiger partial charge in [-0.1, -0.05) is 61.6 Å². The molecule has 0 saturated heterocycles. The van der Waals surface area contributed by atoms with Gasteiger partial charge in [0.05, 0.1) is 0 Å². The third-order valence-corrected chi connectivity index (χ3v) is 4.65. The Morgan fingerprint density at radius 2 is 1.91 bits per heavy atom. The third-order valence-electron chi connectivity index (χ3n) is 3.70. The zero-order valence-electron chi connectivity index (χ0n) is 12.9. The summed E-state index contributed by atoms with van der Waals surface area (Å²) < 4.78 is 1.29. The average Bonchev–Trinajstić information content (AvgIpc) is 3.13. The standard InChI is InChI=1S/C15H14N6OS/c1-15(2,3)9-6-4-8(5-7-9)12-19-21-13(22)10-11(18-20-17-10)16-14(21)23-12/h4-7H,1-3H3,(H,17,18,20). The van der Waals surface area contributed by atoms with Gasteiger partial charge in [0.25, 0.3) is 0 Å². The largest absolute Gasteiger partial charge is 0.302 e. The lowest BCUT2D eigenvalue weighted by Crippen LogP contribution is -2.15. The number of fused-ring (bicyclic) bond motifs is 2. The van der Waals surface area contributed by atoms with E-state index < -0.39 is 0 Å². The minimum absolute atomic E-state index is 0.0993. The second-order valence-electron chi connectivity index (χ2n) is 6.36.